The molecule has 1 aromatic carbocycles. The number of ether oxygens (including phenoxy) is 1. The zero-order valence-electron chi connectivity index (χ0n) is 14.8. The van der Waals surface area contributed by atoms with Crippen LogP contribution >= 0.6 is 15.9 Å². The van der Waals surface area contributed by atoms with Crippen LogP contribution < -0.4 is 11.1 Å². The molecule has 1 aliphatic carbocycles. The summed E-state index contributed by atoms with van der Waals surface area (Å²) in [5, 5.41) is 3.27. The van der Waals surface area contributed by atoms with E-state index in [-0.39, 0.29) is 5.41 Å². The molecular weight excluding hydrogens is 380 g/mol. The number of morpholine rings is 1. The lowest BCUT2D eigenvalue weighted by molar-refractivity contribution is 0.0376. The van der Waals surface area contributed by atoms with E-state index in [1.165, 1.54) is 24.8 Å². The quantitative estimate of drug-likeness (QED) is 0.413. The molecule has 3 N–H and O–H groups in total. The Bertz CT molecular complexity index is 565. The summed E-state index contributed by atoms with van der Waals surface area (Å²) in [6, 6.07) is 8.66. The van der Waals surface area contributed by atoms with Gasteiger partial charge >= 0.3 is 0 Å². The molecule has 0 unspecified atom stereocenters. The van der Waals surface area contributed by atoms with Gasteiger partial charge in [0, 0.05) is 29.5 Å². The molecule has 2 aliphatic rings. The van der Waals surface area contributed by atoms with Crippen molar-refractivity contribution in [1.29, 1.82) is 0 Å². The number of guanidine groups is 1. The van der Waals surface area contributed by atoms with Gasteiger partial charge in [-0.05, 0) is 43.5 Å². The fourth-order valence-electron chi connectivity index (χ4n) is 3.58. The van der Waals surface area contributed by atoms with Gasteiger partial charge in [0.1, 0.15) is 0 Å². The molecule has 1 saturated carbocycles. The Morgan fingerprint density at radius 3 is 2.60 bits per heavy atom. The third kappa shape index (κ3) is 5.19. The van der Waals surface area contributed by atoms with E-state index in [1.54, 1.807) is 0 Å². The minimum atomic E-state index is 0.181. The van der Waals surface area contributed by atoms with Crippen molar-refractivity contribution in [1.82, 2.24) is 10.2 Å². The van der Waals surface area contributed by atoms with E-state index >= 15 is 0 Å². The van der Waals surface area contributed by atoms with E-state index in [1.807, 2.05) is 0 Å². The fraction of sp³-hybridized carbons (Fsp3) is 0.632. The van der Waals surface area contributed by atoms with Crippen LogP contribution in [0.15, 0.2) is 33.7 Å². The van der Waals surface area contributed by atoms with Gasteiger partial charge in [-0.3, -0.25) is 9.89 Å². The lowest BCUT2D eigenvalue weighted by Crippen LogP contribution is -2.41. The molecular formula is C19H29BrN4O. The van der Waals surface area contributed by atoms with Crippen molar-refractivity contribution in [3.8, 4) is 0 Å². The third-order valence-corrected chi connectivity index (χ3v) is 5.91. The minimum absolute atomic E-state index is 0.181. The number of hydrogen-bond donors (Lipinski definition) is 2. The van der Waals surface area contributed by atoms with Crippen LogP contribution in [0.25, 0.3) is 0 Å². The smallest absolute Gasteiger partial charge is 0.188 e. The van der Waals surface area contributed by atoms with Crippen LogP contribution in [-0.4, -0.2) is 56.8 Å². The summed E-state index contributed by atoms with van der Waals surface area (Å²) < 4.78 is 6.49. The number of nitrogens with two attached hydrogens (primary N) is 1. The number of halogens is 1. The van der Waals surface area contributed by atoms with Crippen LogP contribution in [0.2, 0.25) is 0 Å². The molecule has 5 nitrogen and oxygen atoms in total. The molecule has 0 spiro atoms. The lowest BCUT2D eigenvalue weighted by atomic mass is 9.64. The van der Waals surface area contributed by atoms with Crippen molar-refractivity contribution in [2.45, 2.75) is 31.1 Å². The molecule has 25 heavy (non-hydrogen) atoms. The van der Waals surface area contributed by atoms with Crippen LogP contribution in [0.5, 0.6) is 0 Å². The molecule has 1 aromatic rings. The van der Waals surface area contributed by atoms with Gasteiger partial charge in [0.05, 0.1) is 19.8 Å². The molecule has 138 valence electrons. The van der Waals surface area contributed by atoms with Gasteiger partial charge in [-0.25, -0.2) is 0 Å². The Morgan fingerprint density at radius 2 is 1.96 bits per heavy atom. The van der Waals surface area contributed by atoms with E-state index in [2.05, 4.69) is 55.4 Å². The van der Waals surface area contributed by atoms with Gasteiger partial charge in [0.25, 0.3) is 0 Å². The van der Waals surface area contributed by atoms with Crippen molar-refractivity contribution < 1.29 is 4.74 Å². The molecule has 1 saturated heterocycles. The Balaban J connectivity index is 1.43. The van der Waals surface area contributed by atoms with E-state index < -0.39 is 0 Å². The topological polar surface area (TPSA) is 62.9 Å². The Morgan fingerprint density at radius 1 is 1.24 bits per heavy atom. The zero-order valence-corrected chi connectivity index (χ0v) is 16.4. The molecule has 2 fully saturated rings. The molecule has 3 rings (SSSR count). The van der Waals surface area contributed by atoms with E-state index in [0.29, 0.717) is 5.96 Å². The zero-order chi connectivity index (χ0) is 17.5. The maximum Gasteiger partial charge on any atom is 0.188 e. The first-order chi connectivity index (χ1) is 12.2. The van der Waals surface area contributed by atoms with Gasteiger partial charge in [-0.15, -0.1) is 0 Å². The Labute approximate surface area is 159 Å². The molecule has 0 bridgehead atoms. The predicted octanol–water partition coefficient (Wildman–Crippen LogP) is 2.50. The molecule has 0 aromatic heterocycles. The molecule has 6 heteroatoms. The van der Waals surface area contributed by atoms with E-state index in [9.17, 15) is 0 Å². The standard InChI is InChI=1S/C19H29BrN4O/c20-17-5-3-16(4-6-17)19(7-1-8-19)15-23-18(21)22-9-2-10-24-11-13-25-14-12-24/h3-6H,1-2,7-15H2,(H3,21,22,23). The van der Waals surface area contributed by atoms with Crippen LogP contribution in [-0.2, 0) is 10.2 Å². The first-order valence-electron chi connectivity index (χ1n) is 9.28. The van der Waals surface area contributed by atoms with E-state index in [0.717, 1.165) is 56.8 Å². The summed E-state index contributed by atoms with van der Waals surface area (Å²) in [5.74, 6) is 0.574. The van der Waals surface area contributed by atoms with Crippen LogP contribution in [0.1, 0.15) is 31.2 Å². The largest absolute Gasteiger partial charge is 0.379 e. The fourth-order valence-corrected chi connectivity index (χ4v) is 3.85. The number of nitrogens with one attached hydrogen (secondary N) is 1. The second-order valence-corrected chi connectivity index (χ2v) is 7.99. The highest BCUT2D eigenvalue weighted by Gasteiger charge is 2.38. The molecule has 1 heterocycles. The van der Waals surface area contributed by atoms with Crippen LogP contribution in [0, 0.1) is 0 Å². The van der Waals surface area contributed by atoms with Crippen molar-refractivity contribution in [2.24, 2.45) is 10.7 Å². The second kappa shape index (κ2) is 9.01. The monoisotopic (exact) mass is 408 g/mol. The first kappa shape index (κ1) is 18.7. The van der Waals surface area contributed by atoms with Gasteiger partial charge in [0.15, 0.2) is 5.96 Å². The van der Waals surface area contributed by atoms with Gasteiger partial charge in [-0.2, -0.15) is 0 Å². The maximum absolute atomic E-state index is 6.08. The Hall–Kier alpha value is -1.11. The average Bonchev–Trinajstić information content (AvgIpc) is 2.60. The summed E-state index contributed by atoms with van der Waals surface area (Å²) in [7, 11) is 0. The van der Waals surface area contributed by atoms with Crippen molar-refractivity contribution in [3.05, 3.63) is 34.3 Å². The normalized spacial score (nSPS) is 20.9. The van der Waals surface area contributed by atoms with Crippen LogP contribution in [0.3, 0.4) is 0 Å². The summed E-state index contributed by atoms with van der Waals surface area (Å²) in [6.45, 7) is 6.53. The number of benzene rings is 1. The van der Waals surface area contributed by atoms with E-state index in [4.69, 9.17) is 10.5 Å². The highest BCUT2D eigenvalue weighted by atomic mass is 79.9. The third-order valence-electron chi connectivity index (χ3n) is 5.38. The summed E-state index contributed by atoms with van der Waals surface area (Å²) >= 11 is 3.51. The number of rotatable bonds is 7. The summed E-state index contributed by atoms with van der Waals surface area (Å²) in [5.41, 5.74) is 7.64. The van der Waals surface area contributed by atoms with Gasteiger partial charge < -0.3 is 15.8 Å². The number of aliphatic imine (C=N–C) groups is 1. The highest BCUT2D eigenvalue weighted by molar-refractivity contribution is 9.10. The lowest BCUT2D eigenvalue weighted by Gasteiger charge is -2.41. The van der Waals surface area contributed by atoms with Crippen molar-refractivity contribution >= 4 is 21.9 Å². The Kier molecular flexibility index (Phi) is 6.73. The summed E-state index contributed by atoms with van der Waals surface area (Å²) in [4.78, 5) is 7.08. The second-order valence-electron chi connectivity index (χ2n) is 7.08. The molecule has 0 amide bonds. The van der Waals surface area contributed by atoms with Crippen molar-refractivity contribution in [2.75, 3.05) is 45.9 Å². The SMILES string of the molecule is NC(=NCC1(c2ccc(Br)cc2)CCC1)NCCCN1CCOCC1. The first-order valence-corrected chi connectivity index (χ1v) is 10.1. The molecule has 0 atom stereocenters. The predicted molar refractivity (Wildman–Crippen MR) is 106 cm³/mol. The number of nitrogens with zero attached hydrogens (tertiary/aromatic N) is 2. The van der Waals surface area contributed by atoms with Gasteiger partial charge in [0.2, 0.25) is 0 Å². The molecule has 1 aliphatic heterocycles. The maximum atomic E-state index is 6.08. The number of hydrogen-bond acceptors (Lipinski definition) is 3. The summed E-state index contributed by atoms with van der Waals surface area (Å²) in [6.07, 6.45) is 4.75. The van der Waals surface area contributed by atoms with Crippen LogP contribution in [0.4, 0.5) is 0 Å². The minimum Gasteiger partial charge on any atom is -0.379 e. The molecule has 0 radical (unpaired) electrons. The highest BCUT2D eigenvalue weighted by Crippen LogP contribution is 2.44. The average molecular weight is 409 g/mol. The van der Waals surface area contributed by atoms with Crippen molar-refractivity contribution in [3.63, 3.8) is 0 Å². The van der Waals surface area contributed by atoms with Gasteiger partial charge in [-0.1, -0.05) is 34.5 Å².